The molecular weight excluding hydrogens is 248 g/mol. The second-order valence-corrected chi connectivity index (χ2v) is 5.21. The molecule has 0 rings (SSSR count). The molecule has 4 nitrogen and oxygen atoms in total. The van der Waals surface area contributed by atoms with Gasteiger partial charge in [-0.15, -0.1) is 0 Å². The Morgan fingerprint density at radius 3 is 2.44 bits per heavy atom. The van der Waals surface area contributed by atoms with E-state index < -0.39 is 5.97 Å². The van der Waals surface area contributed by atoms with E-state index in [1.165, 1.54) is 0 Å². The summed E-state index contributed by atoms with van der Waals surface area (Å²) in [6, 6.07) is 0.412. The SMILES string of the molecule is CCCC(CCCCCC(=O)O)NC(=S)N(C)C. The Labute approximate surface area is 116 Å². The molecule has 0 spiro atoms. The fourth-order valence-corrected chi connectivity index (χ4v) is 1.95. The lowest BCUT2D eigenvalue weighted by Gasteiger charge is -2.23. The largest absolute Gasteiger partial charge is 0.481 e. The minimum atomic E-state index is -0.702. The Balaban J connectivity index is 3.82. The molecule has 0 saturated carbocycles. The average molecular weight is 274 g/mol. The predicted molar refractivity (Wildman–Crippen MR) is 78.8 cm³/mol. The number of carboxylic acid groups (broad SMARTS) is 1. The van der Waals surface area contributed by atoms with Crippen LogP contribution in [-0.2, 0) is 4.79 Å². The van der Waals surface area contributed by atoms with Gasteiger partial charge in [-0.05, 0) is 31.5 Å². The quantitative estimate of drug-likeness (QED) is 0.500. The number of hydrogen-bond acceptors (Lipinski definition) is 2. The van der Waals surface area contributed by atoms with Crippen molar-refractivity contribution >= 4 is 23.3 Å². The van der Waals surface area contributed by atoms with Gasteiger partial charge in [0.25, 0.3) is 0 Å². The van der Waals surface area contributed by atoms with E-state index in [-0.39, 0.29) is 6.42 Å². The molecule has 0 aliphatic carbocycles. The molecule has 0 aromatic heterocycles. The summed E-state index contributed by atoms with van der Waals surface area (Å²) in [5.74, 6) is -0.702. The van der Waals surface area contributed by atoms with Gasteiger partial charge in [-0.25, -0.2) is 0 Å². The van der Waals surface area contributed by atoms with Crippen LogP contribution in [0.1, 0.15) is 51.9 Å². The van der Waals surface area contributed by atoms with Crippen LogP contribution in [0.3, 0.4) is 0 Å². The zero-order valence-electron chi connectivity index (χ0n) is 11.7. The minimum Gasteiger partial charge on any atom is -0.481 e. The van der Waals surface area contributed by atoms with Crippen LogP contribution in [0.4, 0.5) is 0 Å². The molecule has 0 bridgehead atoms. The third-order valence-electron chi connectivity index (χ3n) is 2.81. The third kappa shape index (κ3) is 9.22. The van der Waals surface area contributed by atoms with Crippen molar-refractivity contribution < 1.29 is 9.90 Å². The van der Waals surface area contributed by atoms with Crippen molar-refractivity contribution in [3.63, 3.8) is 0 Å². The molecule has 0 radical (unpaired) electrons. The Hall–Kier alpha value is -0.840. The molecule has 1 atom stereocenters. The Morgan fingerprint density at radius 1 is 1.28 bits per heavy atom. The van der Waals surface area contributed by atoms with E-state index >= 15 is 0 Å². The maximum atomic E-state index is 10.4. The van der Waals surface area contributed by atoms with Crippen molar-refractivity contribution in [1.29, 1.82) is 0 Å². The highest BCUT2D eigenvalue weighted by atomic mass is 32.1. The summed E-state index contributed by atoms with van der Waals surface area (Å²) >= 11 is 5.24. The van der Waals surface area contributed by atoms with E-state index in [4.69, 9.17) is 17.3 Å². The zero-order chi connectivity index (χ0) is 14.0. The van der Waals surface area contributed by atoms with E-state index in [9.17, 15) is 4.79 Å². The van der Waals surface area contributed by atoms with Crippen molar-refractivity contribution in [1.82, 2.24) is 10.2 Å². The van der Waals surface area contributed by atoms with Crippen molar-refractivity contribution in [2.75, 3.05) is 14.1 Å². The van der Waals surface area contributed by atoms with E-state index in [2.05, 4.69) is 12.2 Å². The Bertz CT molecular complexity index is 257. The lowest BCUT2D eigenvalue weighted by Crippen LogP contribution is -2.41. The Kier molecular flexibility index (Phi) is 9.64. The molecule has 18 heavy (non-hydrogen) atoms. The number of thiocarbonyl (C=S) groups is 1. The van der Waals surface area contributed by atoms with Gasteiger partial charge >= 0.3 is 5.97 Å². The number of carbonyl (C=O) groups is 1. The number of unbranched alkanes of at least 4 members (excludes halogenated alkanes) is 2. The summed E-state index contributed by atoms with van der Waals surface area (Å²) in [6.45, 7) is 2.16. The van der Waals surface area contributed by atoms with Gasteiger partial charge in [-0.3, -0.25) is 4.79 Å². The fraction of sp³-hybridized carbons (Fsp3) is 0.846. The van der Waals surface area contributed by atoms with Gasteiger partial charge in [0.05, 0.1) is 0 Å². The molecule has 0 aliphatic heterocycles. The highest BCUT2D eigenvalue weighted by molar-refractivity contribution is 7.80. The maximum Gasteiger partial charge on any atom is 0.303 e. The second kappa shape index (κ2) is 10.1. The molecular formula is C13H26N2O2S. The first-order valence-electron chi connectivity index (χ1n) is 6.67. The van der Waals surface area contributed by atoms with Crippen molar-refractivity contribution in [2.24, 2.45) is 0 Å². The Morgan fingerprint density at radius 2 is 1.94 bits per heavy atom. The molecule has 0 amide bonds. The summed E-state index contributed by atoms with van der Waals surface area (Å²) in [5, 5.41) is 12.7. The van der Waals surface area contributed by atoms with Crippen molar-refractivity contribution in [3.05, 3.63) is 0 Å². The highest BCUT2D eigenvalue weighted by Crippen LogP contribution is 2.10. The normalized spacial score (nSPS) is 11.9. The van der Waals surface area contributed by atoms with Gasteiger partial charge in [-0.1, -0.05) is 26.2 Å². The van der Waals surface area contributed by atoms with Gasteiger partial charge in [-0.2, -0.15) is 0 Å². The molecule has 0 fully saturated rings. The summed E-state index contributed by atoms with van der Waals surface area (Å²) < 4.78 is 0. The van der Waals surface area contributed by atoms with Crippen LogP contribution in [0.5, 0.6) is 0 Å². The van der Waals surface area contributed by atoms with Crippen molar-refractivity contribution in [3.8, 4) is 0 Å². The topological polar surface area (TPSA) is 52.6 Å². The first-order valence-corrected chi connectivity index (χ1v) is 7.07. The highest BCUT2D eigenvalue weighted by Gasteiger charge is 2.10. The summed E-state index contributed by atoms with van der Waals surface area (Å²) in [4.78, 5) is 12.3. The summed E-state index contributed by atoms with van der Waals surface area (Å²) in [6.07, 6.45) is 6.37. The van der Waals surface area contributed by atoms with E-state index in [0.29, 0.717) is 6.04 Å². The van der Waals surface area contributed by atoms with Crippen molar-refractivity contribution in [2.45, 2.75) is 57.9 Å². The van der Waals surface area contributed by atoms with Gasteiger partial charge in [0.2, 0.25) is 0 Å². The molecule has 0 aromatic rings. The molecule has 0 aromatic carbocycles. The second-order valence-electron chi connectivity index (χ2n) is 4.82. The zero-order valence-corrected chi connectivity index (χ0v) is 12.6. The van der Waals surface area contributed by atoms with Crippen LogP contribution in [0.25, 0.3) is 0 Å². The molecule has 106 valence electrons. The average Bonchev–Trinajstić information content (AvgIpc) is 2.28. The number of aliphatic carboxylic acids is 1. The lowest BCUT2D eigenvalue weighted by molar-refractivity contribution is -0.137. The standard InChI is InChI=1S/C13H26N2O2S/c1-4-8-11(14-13(18)15(2)3)9-6-5-7-10-12(16)17/h11H,4-10H2,1-3H3,(H,14,18)(H,16,17). The van der Waals surface area contributed by atoms with Crippen LogP contribution in [-0.4, -0.2) is 41.2 Å². The maximum absolute atomic E-state index is 10.4. The number of rotatable bonds is 9. The van der Waals surface area contributed by atoms with E-state index in [1.54, 1.807) is 0 Å². The van der Waals surface area contributed by atoms with Crippen LogP contribution in [0.2, 0.25) is 0 Å². The monoisotopic (exact) mass is 274 g/mol. The summed E-state index contributed by atoms with van der Waals surface area (Å²) in [5.41, 5.74) is 0. The molecule has 0 heterocycles. The summed E-state index contributed by atoms with van der Waals surface area (Å²) in [7, 11) is 3.87. The first-order chi connectivity index (χ1) is 8.47. The fourth-order valence-electron chi connectivity index (χ4n) is 1.78. The molecule has 0 aliphatic rings. The number of carboxylic acids is 1. The molecule has 0 saturated heterocycles. The first kappa shape index (κ1) is 17.2. The van der Waals surface area contributed by atoms with Gasteiger partial charge in [0.15, 0.2) is 5.11 Å². The smallest absolute Gasteiger partial charge is 0.303 e. The minimum absolute atomic E-state index is 0.280. The molecule has 2 N–H and O–H groups in total. The molecule has 1 unspecified atom stereocenters. The lowest BCUT2D eigenvalue weighted by atomic mass is 10.0. The van der Waals surface area contributed by atoms with Crippen LogP contribution in [0, 0.1) is 0 Å². The van der Waals surface area contributed by atoms with E-state index in [0.717, 1.165) is 43.6 Å². The van der Waals surface area contributed by atoms with Crippen LogP contribution < -0.4 is 5.32 Å². The third-order valence-corrected chi connectivity index (χ3v) is 3.30. The number of nitrogens with one attached hydrogen (secondary N) is 1. The molecule has 5 heteroatoms. The van der Waals surface area contributed by atoms with Gasteiger partial charge < -0.3 is 15.3 Å². The van der Waals surface area contributed by atoms with Gasteiger partial charge in [0, 0.05) is 26.6 Å². The number of nitrogens with zero attached hydrogens (tertiary/aromatic N) is 1. The van der Waals surface area contributed by atoms with Crippen LogP contribution in [0.15, 0.2) is 0 Å². The number of hydrogen-bond donors (Lipinski definition) is 2. The predicted octanol–water partition coefficient (Wildman–Crippen LogP) is 2.63. The van der Waals surface area contributed by atoms with Gasteiger partial charge in [0.1, 0.15) is 0 Å². The van der Waals surface area contributed by atoms with E-state index in [1.807, 2.05) is 19.0 Å². The van der Waals surface area contributed by atoms with Crippen LogP contribution >= 0.6 is 12.2 Å².